The maximum Gasteiger partial charge on any atom is 0.136 e. The molecule has 0 saturated carbocycles. The molecule has 0 heterocycles. The summed E-state index contributed by atoms with van der Waals surface area (Å²) in [6.07, 6.45) is 15.9. The van der Waals surface area contributed by atoms with Gasteiger partial charge in [0.05, 0.1) is 33.8 Å². The van der Waals surface area contributed by atoms with Crippen molar-refractivity contribution in [3.63, 3.8) is 0 Å². The van der Waals surface area contributed by atoms with Crippen molar-refractivity contribution in [1.29, 1.82) is 0 Å². The van der Waals surface area contributed by atoms with Crippen molar-refractivity contribution < 1.29 is 18.9 Å². The summed E-state index contributed by atoms with van der Waals surface area (Å²) in [5.74, 6) is 3.24. The number of ether oxygens (including phenoxy) is 4. The molecule has 2 aromatic carbocycles. The van der Waals surface area contributed by atoms with Crippen molar-refractivity contribution in [1.82, 2.24) is 0 Å². The molecule has 0 bridgehead atoms. The van der Waals surface area contributed by atoms with Crippen molar-refractivity contribution in [3.05, 3.63) is 142 Å². The minimum Gasteiger partial charge on any atom is -0.496 e. The van der Waals surface area contributed by atoms with Crippen molar-refractivity contribution in [3.8, 4) is 5.75 Å². The van der Waals surface area contributed by atoms with E-state index in [1.165, 1.54) is 15.9 Å². The maximum absolute atomic E-state index is 5.97. The van der Waals surface area contributed by atoms with Gasteiger partial charge >= 0.3 is 0 Å². The van der Waals surface area contributed by atoms with E-state index in [0.29, 0.717) is 0 Å². The highest BCUT2D eigenvalue weighted by Crippen LogP contribution is 2.59. The van der Waals surface area contributed by atoms with E-state index in [1.807, 2.05) is 31.2 Å². The lowest BCUT2D eigenvalue weighted by atomic mass is 10.2. The third-order valence-electron chi connectivity index (χ3n) is 6.69. The maximum atomic E-state index is 5.97. The van der Waals surface area contributed by atoms with Gasteiger partial charge in [0.2, 0.25) is 0 Å². The van der Waals surface area contributed by atoms with Crippen LogP contribution in [0.3, 0.4) is 0 Å². The molecule has 0 aromatic heterocycles. The molecule has 210 valence electrons. The summed E-state index contributed by atoms with van der Waals surface area (Å²) in [5.41, 5.74) is 6.60. The predicted molar refractivity (Wildman–Crippen MR) is 174 cm³/mol. The van der Waals surface area contributed by atoms with Crippen LogP contribution in [0.15, 0.2) is 142 Å². The zero-order valence-corrected chi connectivity index (χ0v) is 26.1. The normalized spacial score (nSPS) is 16.5. The number of benzene rings is 2. The fourth-order valence-corrected chi connectivity index (χ4v) is 10.8. The zero-order valence-electron chi connectivity index (χ0n) is 24.3. The van der Waals surface area contributed by atoms with Crippen LogP contribution in [0.1, 0.15) is 19.8 Å². The molecule has 2 aliphatic rings. The summed E-state index contributed by atoms with van der Waals surface area (Å²) in [4.78, 5) is 0. The van der Waals surface area contributed by atoms with Gasteiger partial charge in [0.1, 0.15) is 23.0 Å². The lowest BCUT2D eigenvalue weighted by Crippen LogP contribution is -2.28. The topological polar surface area (TPSA) is 36.9 Å². The molecule has 2 aliphatic carbocycles. The van der Waals surface area contributed by atoms with Crippen molar-refractivity contribution in [2.45, 2.75) is 19.8 Å². The molecule has 0 amide bonds. The lowest BCUT2D eigenvalue weighted by molar-refractivity contribution is 0.302. The minimum absolute atomic E-state index is 0.750. The molecule has 2 aromatic rings. The summed E-state index contributed by atoms with van der Waals surface area (Å²) in [6.45, 7) is 6.12. The SMILES string of the molecule is C=C/C(OC)=C(\C=C/C)P(C1=C(OC)C=CCC1)c1ccccc1P(C1=C=C=CC=C1OC)c1ccccc1OC. The summed E-state index contributed by atoms with van der Waals surface area (Å²) < 4.78 is 23.7. The second-order valence-electron chi connectivity index (χ2n) is 8.96. The lowest BCUT2D eigenvalue weighted by Gasteiger charge is -2.32. The van der Waals surface area contributed by atoms with Gasteiger partial charge in [-0.25, -0.2) is 0 Å². The van der Waals surface area contributed by atoms with E-state index >= 15 is 0 Å². The number of rotatable bonds is 12. The van der Waals surface area contributed by atoms with Gasteiger partial charge in [0.25, 0.3) is 0 Å². The average Bonchev–Trinajstić information content (AvgIpc) is 3.03. The molecule has 0 spiro atoms. The summed E-state index contributed by atoms with van der Waals surface area (Å²) >= 11 is 0. The molecule has 41 heavy (non-hydrogen) atoms. The van der Waals surface area contributed by atoms with Gasteiger partial charge in [-0.15, -0.1) is 0 Å². The van der Waals surface area contributed by atoms with Crippen LogP contribution in [0.25, 0.3) is 0 Å². The number of hydrogen-bond donors (Lipinski definition) is 0. The first-order chi connectivity index (χ1) is 20.1. The van der Waals surface area contributed by atoms with Crippen LogP contribution in [0.5, 0.6) is 5.75 Å². The Morgan fingerprint density at radius 2 is 1.66 bits per heavy atom. The molecule has 0 aliphatic heterocycles. The highest BCUT2D eigenvalue weighted by molar-refractivity contribution is 7.81. The third-order valence-corrected chi connectivity index (χ3v) is 12.1. The largest absolute Gasteiger partial charge is 0.496 e. The van der Waals surface area contributed by atoms with Crippen LogP contribution in [-0.4, -0.2) is 28.4 Å². The second-order valence-corrected chi connectivity index (χ2v) is 13.2. The minimum atomic E-state index is -1.17. The first-order valence-corrected chi connectivity index (χ1v) is 16.1. The van der Waals surface area contributed by atoms with E-state index in [4.69, 9.17) is 18.9 Å². The quantitative estimate of drug-likeness (QED) is 0.111. The van der Waals surface area contributed by atoms with Crippen molar-refractivity contribution in [2.24, 2.45) is 0 Å². The molecular formula is C35H36O4P2. The Morgan fingerprint density at radius 1 is 0.927 bits per heavy atom. The van der Waals surface area contributed by atoms with Crippen LogP contribution in [0, 0.1) is 0 Å². The van der Waals surface area contributed by atoms with Crippen molar-refractivity contribution >= 4 is 31.8 Å². The van der Waals surface area contributed by atoms with Gasteiger partial charge in [0.15, 0.2) is 0 Å². The number of allylic oxidation sites excluding steroid dienone is 10. The molecule has 4 rings (SSSR count). The van der Waals surface area contributed by atoms with Crippen LogP contribution in [-0.2, 0) is 14.2 Å². The van der Waals surface area contributed by atoms with E-state index in [1.54, 1.807) is 34.5 Å². The smallest absolute Gasteiger partial charge is 0.136 e. The fourth-order valence-electron chi connectivity index (χ4n) is 4.90. The van der Waals surface area contributed by atoms with Gasteiger partial charge < -0.3 is 18.9 Å². The number of para-hydroxylation sites is 1. The Hall–Kier alpha value is -3.76. The Labute approximate surface area is 246 Å². The summed E-state index contributed by atoms with van der Waals surface area (Å²) in [6, 6.07) is 16.9. The van der Waals surface area contributed by atoms with Gasteiger partial charge in [-0.1, -0.05) is 78.7 Å². The Kier molecular flexibility index (Phi) is 10.9. The third kappa shape index (κ3) is 6.44. The molecule has 0 radical (unpaired) electrons. The van der Waals surface area contributed by atoms with Crippen LogP contribution >= 0.6 is 15.8 Å². The number of methoxy groups -OCH3 is 4. The standard InChI is InChI=1S/C35H36O4P2/c1-7-17-30(26(8-2)36-3)40(31-21-12-9-18-27(31)37-4)34-24-15-16-25-35(34)41(32-22-13-10-19-28(32)38-5)33-23-14-11-20-29(33)39-6/h7-11,13,15-20,22,24-25H,2,12,21H2,1,3-6H3/b17-7-,30-26-. The Bertz CT molecular complexity index is 1540. The van der Waals surface area contributed by atoms with E-state index in [-0.39, 0.29) is 0 Å². The van der Waals surface area contributed by atoms with Gasteiger partial charge in [-0.2, -0.15) is 0 Å². The number of hydrogen-bond acceptors (Lipinski definition) is 4. The first kappa shape index (κ1) is 30.2. The van der Waals surface area contributed by atoms with E-state index < -0.39 is 15.8 Å². The zero-order chi connectivity index (χ0) is 29.2. The molecule has 0 fully saturated rings. The van der Waals surface area contributed by atoms with Gasteiger partial charge in [0, 0.05) is 23.9 Å². The molecule has 6 heteroatoms. The van der Waals surface area contributed by atoms with E-state index in [2.05, 4.69) is 78.7 Å². The monoisotopic (exact) mass is 582 g/mol. The van der Waals surface area contributed by atoms with Crippen LogP contribution < -0.4 is 20.7 Å². The van der Waals surface area contributed by atoms with E-state index in [9.17, 15) is 0 Å². The average molecular weight is 583 g/mol. The van der Waals surface area contributed by atoms with Crippen LogP contribution in [0.2, 0.25) is 0 Å². The Morgan fingerprint density at radius 3 is 2.32 bits per heavy atom. The molecule has 0 N–H and O–H groups in total. The molecule has 0 saturated heterocycles. The Balaban J connectivity index is 2.13. The molecule has 2 atom stereocenters. The first-order valence-electron chi connectivity index (χ1n) is 13.4. The highest BCUT2D eigenvalue weighted by atomic mass is 31.1. The molecule has 4 nitrogen and oxygen atoms in total. The van der Waals surface area contributed by atoms with Gasteiger partial charge in [-0.05, 0) is 68.7 Å². The van der Waals surface area contributed by atoms with Crippen LogP contribution in [0.4, 0.5) is 0 Å². The van der Waals surface area contributed by atoms with E-state index in [0.717, 1.165) is 51.8 Å². The van der Waals surface area contributed by atoms with Crippen molar-refractivity contribution in [2.75, 3.05) is 28.4 Å². The fraction of sp³-hybridized carbons (Fsp3) is 0.200. The summed E-state index contributed by atoms with van der Waals surface area (Å²) in [5, 5.41) is 6.77. The second kappa shape index (κ2) is 14.7. The highest BCUT2D eigenvalue weighted by Gasteiger charge is 2.33. The predicted octanol–water partition coefficient (Wildman–Crippen LogP) is 7.80. The molecule has 2 unspecified atom stereocenters. The van der Waals surface area contributed by atoms with Gasteiger partial charge in [-0.3, -0.25) is 0 Å². The summed E-state index contributed by atoms with van der Waals surface area (Å²) in [7, 11) is 4.61. The molecular weight excluding hydrogens is 546 g/mol.